The molecule has 1 aromatic rings. The first-order valence-corrected chi connectivity index (χ1v) is 8.87. The summed E-state index contributed by atoms with van der Waals surface area (Å²) in [5.41, 5.74) is -0.151. The van der Waals surface area contributed by atoms with Crippen LogP contribution in [0.4, 0.5) is 4.39 Å². The largest absolute Gasteiger partial charge is 0.459 e. The first-order valence-electron chi connectivity index (χ1n) is 6.12. The molecule has 0 aromatic heterocycles. The maximum atomic E-state index is 13.5. The van der Waals surface area contributed by atoms with E-state index in [0.717, 1.165) is 0 Å². The van der Waals surface area contributed by atoms with Gasteiger partial charge in [0.15, 0.2) is 0 Å². The zero-order valence-electron chi connectivity index (χ0n) is 10.8. The number of carbonyl (C=O) groups excluding carboxylic acids is 1. The van der Waals surface area contributed by atoms with Crippen LogP contribution in [0.1, 0.15) is 29.6 Å². The van der Waals surface area contributed by atoms with Crippen molar-refractivity contribution in [2.45, 2.75) is 30.6 Å². The van der Waals surface area contributed by atoms with E-state index in [4.69, 9.17) is 4.74 Å². The highest BCUT2D eigenvalue weighted by atomic mass is 79.9. The molecule has 0 saturated heterocycles. The minimum Gasteiger partial charge on any atom is -0.459 e. The molecule has 2 unspecified atom stereocenters. The van der Waals surface area contributed by atoms with Gasteiger partial charge in [0.05, 0.1) is 10.8 Å². The minimum atomic E-state index is -3.12. The summed E-state index contributed by atoms with van der Waals surface area (Å²) in [6.45, 7) is 0. The van der Waals surface area contributed by atoms with Crippen LogP contribution in [0, 0.1) is 5.82 Å². The number of halogens is 2. The van der Waals surface area contributed by atoms with E-state index in [1.54, 1.807) is 0 Å². The van der Waals surface area contributed by atoms with E-state index < -0.39 is 33.0 Å². The van der Waals surface area contributed by atoms with Crippen LogP contribution in [-0.4, -0.2) is 32.0 Å². The zero-order valence-corrected chi connectivity index (χ0v) is 13.2. The average molecular weight is 365 g/mol. The Hall–Kier alpha value is -0.950. The number of esters is 1. The first-order chi connectivity index (χ1) is 9.27. The molecule has 2 atom stereocenters. The Morgan fingerprint density at radius 2 is 2.10 bits per heavy atom. The van der Waals surface area contributed by atoms with Crippen molar-refractivity contribution in [2.24, 2.45) is 0 Å². The fourth-order valence-electron chi connectivity index (χ4n) is 2.27. The van der Waals surface area contributed by atoms with Gasteiger partial charge in [-0.05, 0) is 31.0 Å². The smallest absolute Gasteiger partial charge is 0.341 e. The summed E-state index contributed by atoms with van der Waals surface area (Å²) in [6, 6.07) is 4.01. The SMILES string of the molecule is CS(=O)(=O)C1CCC(OC(=O)c2cc(Br)ccc2F)C1. The molecule has 1 fully saturated rings. The standard InChI is InChI=1S/C13H14BrFO4S/c1-20(17,18)10-4-3-9(7-10)19-13(16)11-6-8(14)2-5-12(11)15/h2,5-6,9-10H,3-4,7H2,1H3. The van der Waals surface area contributed by atoms with Crippen molar-refractivity contribution in [3.8, 4) is 0 Å². The van der Waals surface area contributed by atoms with Crippen molar-refractivity contribution < 1.29 is 22.3 Å². The Labute approximate surface area is 125 Å². The molecule has 7 heteroatoms. The summed E-state index contributed by atoms with van der Waals surface area (Å²) in [4.78, 5) is 11.9. The number of benzene rings is 1. The zero-order chi connectivity index (χ0) is 14.9. The van der Waals surface area contributed by atoms with Crippen LogP contribution in [-0.2, 0) is 14.6 Å². The molecule has 1 aliphatic carbocycles. The van der Waals surface area contributed by atoms with E-state index in [1.807, 2.05) is 0 Å². The molecule has 0 radical (unpaired) electrons. The van der Waals surface area contributed by atoms with Gasteiger partial charge in [0.2, 0.25) is 0 Å². The lowest BCUT2D eigenvalue weighted by Gasteiger charge is -2.12. The summed E-state index contributed by atoms with van der Waals surface area (Å²) >= 11 is 3.16. The number of sulfone groups is 1. The summed E-state index contributed by atoms with van der Waals surface area (Å²) in [5, 5.41) is -0.479. The predicted molar refractivity (Wildman–Crippen MR) is 75.8 cm³/mol. The summed E-state index contributed by atoms with van der Waals surface area (Å²) in [7, 11) is -3.12. The summed E-state index contributed by atoms with van der Waals surface area (Å²) in [6.07, 6.45) is 1.94. The number of hydrogen-bond acceptors (Lipinski definition) is 4. The molecule has 1 aromatic carbocycles. The van der Waals surface area contributed by atoms with Gasteiger partial charge in [-0.25, -0.2) is 17.6 Å². The van der Waals surface area contributed by atoms with Crippen LogP contribution < -0.4 is 0 Å². The quantitative estimate of drug-likeness (QED) is 0.773. The first kappa shape index (κ1) is 15.4. The van der Waals surface area contributed by atoms with E-state index in [1.165, 1.54) is 24.5 Å². The lowest BCUT2D eigenvalue weighted by molar-refractivity contribution is 0.0313. The van der Waals surface area contributed by atoms with Gasteiger partial charge in [-0.15, -0.1) is 0 Å². The normalized spacial score (nSPS) is 22.8. The van der Waals surface area contributed by atoms with Gasteiger partial charge < -0.3 is 4.74 Å². The third-order valence-corrected chi connectivity index (χ3v) is 5.50. The van der Waals surface area contributed by atoms with Crippen LogP contribution in [0.2, 0.25) is 0 Å². The molecular formula is C13H14BrFO4S. The minimum absolute atomic E-state index is 0.151. The Bertz CT molecular complexity index is 629. The van der Waals surface area contributed by atoms with Gasteiger partial charge in [-0.1, -0.05) is 15.9 Å². The molecule has 0 heterocycles. The van der Waals surface area contributed by atoms with Crippen LogP contribution in [0.3, 0.4) is 0 Å². The molecule has 1 aliphatic rings. The molecule has 0 N–H and O–H groups in total. The molecule has 4 nitrogen and oxygen atoms in total. The van der Waals surface area contributed by atoms with Gasteiger partial charge >= 0.3 is 5.97 Å². The molecule has 20 heavy (non-hydrogen) atoms. The molecule has 110 valence electrons. The molecule has 0 spiro atoms. The average Bonchev–Trinajstić information content (AvgIpc) is 2.80. The molecule has 0 amide bonds. The van der Waals surface area contributed by atoms with Gasteiger partial charge in [-0.3, -0.25) is 0 Å². The molecule has 0 bridgehead atoms. The van der Waals surface area contributed by atoms with Crippen molar-refractivity contribution in [3.63, 3.8) is 0 Å². The summed E-state index contributed by atoms with van der Waals surface area (Å²) < 4.78 is 42.2. The third kappa shape index (κ3) is 3.58. The van der Waals surface area contributed by atoms with E-state index >= 15 is 0 Å². The van der Waals surface area contributed by atoms with E-state index in [-0.39, 0.29) is 12.0 Å². The summed E-state index contributed by atoms with van der Waals surface area (Å²) in [5.74, 6) is -1.42. The van der Waals surface area contributed by atoms with E-state index in [2.05, 4.69) is 15.9 Å². The highest BCUT2D eigenvalue weighted by Crippen LogP contribution is 2.28. The van der Waals surface area contributed by atoms with Crippen LogP contribution in [0.15, 0.2) is 22.7 Å². The number of ether oxygens (including phenoxy) is 1. The van der Waals surface area contributed by atoms with Crippen molar-refractivity contribution in [1.29, 1.82) is 0 Å². The second-order valence-corrected chi connectivity index (χ2v) is 8.16. The molecule has 2 rings (SSSR count). The number of hydrogen-bond donors (Lipinski definition) is 0. The Kier molecular flexibility index (Phi) is 4.49. The topological polar surface area (TPSA) is 60.4 Å². The Morgan fingerprint density at radius 3 is 2.70 bits per heavy atom. The fraction of sp³-hybridized carbons (Fsp3) is 0.462. The van der Waals surface area contributed by atoms with Gasteiger partial charge in [0.1, 0.15) is 21.8 Å². The fourth-order valence-corrected chi connectivity index (χ4v) is 3.75. The van der Waals surface area contributed by atoms with E-state index in [9.17, 15) is 17.6 Å². The predicted octanol–water partition coefficient (Wildman–Crippen LogP) is 2.71. The third-order valence-electron chi connectivity index (χ3n) is 3.36. The van der Waals surface area contributed by atoms with Crippen molar-refractivity contribution >= 4 is 31.7 Å². The lowest BCUT2D eigenvalue weighted by atomic mass is 10.2. The van der Waals surface area contributed by atoms with Gasteiger partial charge in [0, 0.05) is 17.1 Å². The monoisotopic (exact) mass is 364 g/mol. The highest BCUT2D eigenvalue weighted by Gasteiger charge is 2.34. The molecule has 0 aliphatic heterocycles. The number of carbonyl (C=O) groups is 1. The second kappa shape index (κ2) is 5.81. The Balaban J connectivity index is 2.05. The van der Waals surface area contributed by atoms with Crippen molar-refractivity contribution in [3.05, 3.63) is 34.1 Å². The number of rotatable bonds is 3. The maximum absolute atomic E-state index is 13.5. The van der Waals surface area contributed by atoms with Gasteiger partial charge in [0.25, 0.3) is 0 Å². The maximum Gasteiger partial charge on any atom is 0.341 e. The van der Waals surface area contributed by atoms with E-state index in [0.29, 0.717) is 17.3 Å². The van der Waals surface area contributed by atoms with Crippen molar-refractivity contribution in [1.82, 2.24) is 0 Å². The van der Waals surface area contributed by atoms with Gasteiger partial charge in [-0.2, -0.15) is 0 Å². The second-order valence-electron chi connectivity index (χ2n) is 4.92. The lowest BCUT2D eigenvalue weighted by Crippen LogP contribution is -2.20. The Morgan fingerprint density at radius 1 is 1.40 bits per heavy atom. The molecular weight excluding hydrogens is 351 g/mol. The molecule has 1 saturated carbocycles. The van der Waals surface area contributed by atoms with Crippen LogP contribution in [0.5, 0.6) is 0 Å². The van der Waals surface area contributed by atoms with Crippen molar-refractivity contribution in [2.75, 3.05) is 6.26 Å². The highest BCUT2D eigenvalue weighted by molar-refractivity contribution is 9.10. The van der Waals surface area contributed by atoms with Crippen LogP contribution >= 0.6 is 15.9 Å². The van der Waals surface area contributed by atoms with Crippen LogP contribution in [0.25, 0.3) is 0 Å².